The minimum atomic E-state index is 0.570. The average Bonchev–Trinajstić information content (AvgIpc) is 2.76. The molecule has 0 spiro atoms. The first-order valence-corrected chi connectivity index (χ1v) is 5.08. The standard InChI is InChI=1S/C10H14N4O2/c1-6-8(3)15-10(12-6)5-11-4-9-7(2)13-16-14-9/h11H,4-5H2,1-3H3. The highest BCUT2D eigenvalue weighted by molar-refractivity contribution is 5.06. The van der Waals surface area contributed by atoms with E-state index in [4.69, 9.17) is 4.42 Å². The predicted molar refractivity (Wildman–Crippen MR) is 55.6 cm³/mol. The summed E-state index contributed by atoms with van der Waals surface area (Å²) in [5.41, 5.74) is 2.53. The van der Waals surface area contributed by atoms with Gasteiger partial charge < -0.3 is 9.73 Å². The Morgan fingerprint density at radius 2 is 1.88 bits per heavy atom. The molecule has 0 fully saturated rings. The highest BCUT2D eigenvalue weighted by atomic mass is 16.6. The maximum absolute atomic E-state index is 5.43. The van der Waals surface area contributed by atoms with Crippen LogP contribution in [0.4, 0.5) is 0 Å². The van der Waals surface area contributed by atoms with E-state index >= 15 is 0 Å². The van der Waals surface area contributed by atoms with Gasteiger partial charge >= 0.3 is 0 Å². The monoisotopic (exact) mass is 222 g/mol. The van der Waals surface area contributed by atoms with Crippen LogP contribution in [0.3, 0.4) is 0 Å². The number of hydrogen-bond acceptors (Lipinski definition) is 6. The third-order valence-electron chi connectivity index (χ3n) is 2.39. The summed E-state index contributed by atoms with van der Waals surface area (Å²) in [6.45, 7) is 6.84. The number of nitrogens with one attached hydrogen (secondary N) is 1. The fourth-order valence-corrected chi connectivity index (χ4v) is 1.31. The molecule has 2 aromatic heterocycles. The van der Waals surface area contributed by atoms with Crippen LogP contribution < -0.4 is 5.32 Å². The first-order valence-electron chi connectivity index (χ1n) is 5.08. The van der Waals surface area contributed by atoms with Crippen molar-refractivity contribution in [3.8, 4) is 0 Å². The molecule has 2 rings (SSSR count). The van der Waals surface area contributed by atoms with Crippen molar-refractivity contribution in [3.63, 3.8) is 0 Å². The zero-order chi connectivity index (χ0) is 11.5. The highest BCUT2D eigenvalue weighted by Crippen LogP contribution is 2.08. The lowest BCUT2D eigenvalue weighted by Crippen LogP contribution is -2.13. The van der Waals surface area contributed by atoms with E-state index < -0.39 is 0 Å². The van der Waals surface area contributed by atoms with Gasteiger partial charge in [-0.25, -0.2) is 9.61 Å². The lowest BCUT2D eigenvalue weighted by molar-refractivity contribution is 0.300. The van der Waals surface area contributed by atoms with E-state index in [0.29, 0.717) is 19.0 Å². The molecule has 0 amide bonds. The molecule has 0 aliphatic carbocycles. The number of hydrogen-bond donors (Lipinski definition) is 1. The first kappa shape index (κ1) is 10.8. The topological polar surface area (TPSA) is 77.0 Å². The quantitative estimate of drug-likeness (QED) is 0.839. The second-order valence-electron chi connectivity index (χ2n) is 3.65. The lowest BCUT2D eigenvalue weighted by atomic mass is 10.3. The summed E-state index contributed by atoms with van der Waals surface area (Å²) in [6.07, 6.45) is 0. The van der Waals surface area contributed by atoms with Gasteiger partial charge in [-0.15, -0.1) is 0 Å². The van der Waals surface area contributed by atoms with Gasteiger partial charge in [0.25, 0.3) is 0 Å². The molecule has 0 radical (unpaired) electrons. The molecule has 0 unspecified atom stereocenters. The second kappa shape index (κ2) is 4.44. The Balaban J connectivity index is 1.87. The Morgan fingerprint density at radius 1 is 1.06 bits per heavy atom. The Hall–Kier alpha value is -1.69. The van der Waals surface area contributed by atoms with Gasteiger partial charge in [0.05, 0.1) is 12.2 Å². The van der Waals surface area contributed by atoms with Gasteiger partial charge in [0, 0.05) is 6.54 Å². The molecule has 2 aromatic rings. The molecule has 6 nitrogen and oxygen atoms in total. The molecular formula is C10H14N4O2. The average molecular weight is 222 g/mol. The Kier molecular flexibility index (Phi) is 3.00. The molecule has 0 bridgehead atoms. The van der Waals surface area contributed by atoms with E-state index in [1.165, 1.54) is 0 Å². The van der Waals surface area contributed by atoms with E-state index in [9.17, 15) is 0 Å². The summed E-state index contributed by atoms with van der Waals surface area (Å²) < 4.78 is 10.0. The largest absolute Gasteiger partial charge is 0.444 e. The van der Waals surface area contributed by atoms with Crippen LogP contribution >= 0.6 is 0 Å². The Bertz CT molecular complexity index is 455. The molecular weight excluding hydrogens is 208 g/mol. The van der Waals surface area contributed by atoms with Gasteiger partial charge in [0.2, 0.25) is 5.89 Å². The molecule has 0 aliphatic heterocycles. The molecule has 16 heavy (non-hydrogen) atoms. The van der Waals surface area contributed by atoms with Gasteiger partial charge in [0.15, 0.2) is 0 Å². The third kappa shape index (κ3) is 2.27. The Morgan fingerprint density at radius 3 is 2.44 bits per heavy atom. The van der Waals surface area contributed by atoms with Crippen LogP contribution in [0.15, 0.2) is 9.05 Å². The van der Waals surface area contributed by atoms with Crippen LogP contribution in [0.2, 0.25) is 0 Å². The third-order valence-corrected chi connectivity index (χ3v) is 2.39. The number of oxazole rings is 1. The zero-order valence-corrected chi connectivity index (χ0v) is 9.57. The zero-order valence-electron chi connectivity index (χ0n) is 9.57. The van der Waals surface area contributed by atoms with Crippen molar-refractivity contribution in [2.75, 3.05) is 0 Å². The number of aryl methyl sites for hydroxylation is 3. The molecule has 6 heteroatoms. The van der Waals surface area contributed by atoms with Crippen LogP contribution in [-0.2, 0) is 13.1 Å². The molecule has 0 atom stereocenters. The highest BCUT2D eigenvalue weighted by Gasteiger charge is 2.07. The van der Waals surface area contributed by atoms with Crippen LogP contribution in [0.25, 0.3) is 0 Å². The summed E-state index contributed by atoms with van der Waals surface area (Å²) >= 11 is 0. The van der Waals surface area contributed by atoms with E-state index in [-0.39, 0.29) is 0 Å². The van der Waals surface area contributed by atoms with Crippen molar-refractivity contribution in [1.82, 2.24) is 20.6 Å². The molecule has 1 N–H and O–H groups in total. The normalized spacial score (nSPS) is 10.9. The SMILES string of the molecule is Cc1nonc1CNCc1nc(C)c(C)o1. The van der Waals surface area contributed by atoms with E-state index in [1.54, 1.807) is 0 Å². The van der Waals surface area contributed by atoms with E-state index in [1.807, 2.05) is 20.8 Å². The minimum absolute atomic E-state index is 0.570. The fraction of sp³-hybridized carbons (Fsp3) is 0.500. The maximum atomic E-state index is 5.43. The van der Waals surface area contributed by atoms with Gasteiger partial charge in [-0.05, 0) is 20.8 Å². The summed E-state index contributed by atoms with van der Waals surface area (Å²) in [5, 5.41) is 10.6. The maximum Gasteiger partial charge on any atom is 0.208 e. The lowest BCUT2D eigenvalue weighted by Gasteiger charge is -1.97. The van der Waals surface area contributed by atoms with E-state index in [2.05, 4.69) is 25.2 Å². The van der Waals surface area contributed by atoms with Crippen LogP contribution in [0.5, 0.6) is 0 Å². The first-order chi connectivity index (χ1) is 7.66. The van der Waals surface area contributed by atoms with Crippen molar-refractivity contribution in [3.05, 3.63) is 28.7 Å². The number of nitrogens with zero attached hydrogens (tertiary/aromatic N) is 3. The van der Waals surface area contributed by atoms with Crippen molar-refractivity contribution in [2.45, 2.75) is 33.9 Å². The van der Waals surface area contributed by atoms with Crippen LogP contribution in [0, 0.1) is 20.8 Å². The summed E-state index contributed by atoms with van der Waals surface area (Å²) in [6, 6.07) is 0. The summed E-state index contributed by atoms with van der Waals surface area (Å²) in [4.78, 5) is 4.26. The molecule has 2 heterocycles. The van der Waals surface area contributed by atoms with Crippen LogP contribution in [-0.4, -0.2) is 15.3 Å². The smallest absolute Gasteiger partial charge is 0.208 e. The van der Waals surface area contributed by atoms with Crippen molar-refractivity contribution in [1.29, 1.82) is 0 Å². The van der Waals surface area contributed by atoms with Gasteiger partial charge in [0.1, 0.15) is 17.1 Å². The summed E-state index contributed by atoms with van der Waals surface area (Å²) in [5.74, 6) is 1.54. The van der Waals surface area contributed by atoms with Crippen molar-refractivity contribution >= 4 is 0 Å². The van der Waals surface area contributed by atoms with E-state index in [0.717, 1.165) is 22.8 Å². The Labute approximate surface area is 93.0 Å². The molecule has 0 saturated carbocycles. The molecule has 86 valence electrons. The number of rotatable bonds is 4. The van der Waals surface area contributed by atoms with Gasteiger partial charge in [-0.2, -0.15) is 0 Å². The molecule has 0 aromatic carbocycles. The second-order valence-corrected chi connectivity index (χ2v) is 3.65. The van der Waals surface area contributed by atoms with Gasteiger partial charge in [-0.3, -0.25) is 0 Å². The van der Waals surface area contributed by atoms with Gasteiger partial charge in [-0.1, -0.05) is 10.3 Å². The molecule has 0 aliphatic rings. The predicted octanol–water partition coefficient (Wildman–Crippen LogP) is 1.27. The fourth-order valence-electron chi connectivity index (χ4n) is 1.31. The van der Waals surface area contributed by atoms with Crippen LogP contribution in [0.1, 0.15) is 28.7 Å². The van der Waals surface area contributed by atoms with Crippen molar-refractivity contribution in [2.24, 2.45) is 0 Å². The van der Waals surface area contributed by atoms with Crippen molar-refractivity contribution < 1.29 is 9.05 Å². The molecule has 0 saturated heterocycles. The minimum Gasteiger partial charge on any atom is -0.444 e. The number of aromatic nitrogens is 3. The summed E-state index contributed by atoms with van der Waals surface area (Å²) in [7, 11) is 0.